The van der Waals surface area contributed by atoms with Gasteiger partial charge in [-0.2, -0.15) is 5.10 Å². The number of hydrogen-bond donors (Lipinski definition) is 0. The Morgan fingerprint density at radius 3 is 2.75 bits per heavy atom. The van der Waals surface area contributed by atoms with E-state index in [0.29, 0.717) is 18.0 Å². The molecule has 0 saturated carbocycles. The Hall–Kier alpha value is -1.90. The smallest absolute Gasteiger partial charge is 0.198 e. The van der Waals surface area contributed by atoms with Gasteiger partial charge >= 0.3 is 0 Å². The number of aromatic nitrogens is 3. The van der Waals surface area contributed by atoms with Crippen molar-refractivity contribution in [2.45, 2.75) is 12.8 Å². The molecule has 2 aliphatic rings. The number of rotatable bonds is 3. The maximum atomic E-state index is 6.06. The fourth-order valence-corrected chi connectivity index (χ4v) is 3.15. The van der Waals surface area contributed by atoms with Crippen LogP contribution in [-0.4, -0.2) is 52.2 Å². The van der Waals surface area contributed by atoms with E-state index in [1.165, 1.54) is 0 Å². The van der Waals surface area contributed by atoms with E-state index < -0.39 is 0 Å². The summed E-state index contributed by atoms with van der Waals surface area (Å²) >= 11 is 5.54. The van der Waals surface area contributed by atoms with Gasteiger partial charge in [0.1, 0.15) is 6.61 Å². The zero-order valence-corrected chi connectivity index (χ0v) is 14.4. The predicted molar refractivity (Wildman–Crippen MR) is 89.7 cm³/mol. The number of hydrogen-bond acceptors (Lipinski definition) is 6. The van der Waals surface area contributed by atoms with E-state index in [9.17, 15) is 0 Å². The standard InChI is InChI=1S/C16H20N4O3S/c1-18-15(14-10-22-12-4-2-3-5-13(12)23-14)17-20(16(18)24)11-19-6-8-21-9-7-19/h2-5,14H,6-11H2,1H3. The lowest BCUT2D eigenvalue weighted by atomic mass is 10.2. The van der Waals surface area contributed by atoms with E-state index in [1.807, 2.05) is 40.6 Å². The van der Waals surface area contributed by atoms with Gasteiger partial charge in [0.2, 0.25) is 0 Å². The molecule has 1 aromatic carbocycles. The first-order valence-corrected chi connectivity index (χ1v) is 8.45. The van der Waals surface area contributed by atoms with Crippen molar-refractivity contribution < 1.29 is 14.2 Å². The van der Waals surface area contributed by atoms with Crippen molar-refractivity contribution in [1.29, 1.82) is 0 Å². The summed E-state index contributed by atoms with van der Waals surface area (Å²) in [5.74, 6) is 2.29. The van der Waals surface area contributed by atoms with Crippen LogP contribution in [0, 0.1) is 4.77 Å². The first kappa shape index (κ1) is 15.6. The highest BCUT2D eigenvalue weighted by Crippen LogP contribution is 2.35. The number of ether oxygens (including phenoxy) is 3. The summed E-state index contributed by atoms with van der Waals surface area (Å²) in [7, 11) is 1.92. The van der Waals surface area contributed by atoms with Gasteiger partial charge in [0.25, 0.3) is 0 Å². The van der Waals surface area contributed by atoms with Crippen molar-refractivity contribution in [2.24, 2.45) is 7.05 Å². The second kappa shape index (κ2) is 6.54. The average Bonchev–Trinajstić information content (AvgIpc) is 2.91. The van der Waals surface area contributed by atoms with Gasteiger partial charge in [0.15, 0.2) is 28.2 Å². The van der Waals surface area contributed by atoms with Crippen molar-refractivity contribution >= 4 is 12.2 Å². The molecule has 7 nitrogen and oxygen atoms in total. The van der Waals surface area contributed by atoms with Gasteiger partial charge in [-0.1, -0.05) is 12.1 Å². The highest BCUT2D eigenvalue weighted by atomic mass is 32.1. The normalized spacial score (nSPS) is 21.0. The Bertz CT molecular complexity index is 782. The molecule has 1 atom stereocenters. The first-order valence-electron chi connectivity index (χ1n) is 8.04. The molecule has 2 aliphatic heterocycles. The summed E-state index contributed by atoms with van der Waals surface area (Å²) < 4.78 is 21.7. The molecule has 0 spiro atoms. The summed E-state index contributed by atoms with van der Waals surface area (Å²) in [5.41, 5.74) is 0. The molecule has 128 valence electrons. The van der Waals surface area contributed by atoms with Gasteiger partial charge in [-0.3, -0.25) is 4.90 Å². The van der Waals surface area contributed by atoms with Crippen LogP contribution in [0.4, 0.5) is 0 Å². The second-order valence-corrected chi connectivity index (χ2v) is 6.30. The van der Waals surface area contributed by atoms with Crippen LogP contribution in [0.1, 0.15) is 11.9 Å². The van der Waals surface area contributed by atoms with E-state index in [2.05, 4.69) is 10.00 Å². The summed E-state index contributed by atoms with van der Waals surface area (Å²) in [5, 5.41) is 4.69. The van der Waals surface area contributed by atoms with Crippen LogP contribution >= 0.6 is 12.2 Å². The molecule has 1 aromatic heterocycles. The minimum absolute atomic E-state index is 0.266. The number of para-hydroxylation sites is 2. The van der Waals surface area contributed by atoms with Crippen LogP contribution in [0.5, 0.6) is 11.5 Å². The second-order valence-electron chi connectivity index (χ2n) is 5.94. The van der Waals surface area contributed by atoms with Gasteiger partial charge in [-0.15, -0.1) is 0 Å². The van der Waals surface area contributed by atoms with Crippen molar-refractivity contribution in [1.82, 2.24) is 19.2 Å². The highest BCUT2D eigenvalue weighted by molar-refractivity contribution is 7.71. The molecule has 0 amide bonds. The zero-order valence-electron chi connectivity index (χ0n) is 13.6. The number of fused-ring (bicyclic) bond motifs is 1. The molecule has 2 aromatic rings. The minimum atomic E-state index is -0.266. The quantitative estimate of drug-likeness (QED) is 0.788. The van der Waals surface area contributed by atoms with Crippen LogP contribution in [0.3, 0.4) is 0 Å². The number of morpholine rings is 1. The minimum Gasteiger partial charge on any atom is -0.485 e. The van der Waals surface area contributed by atoms with Crippen LogP contribution in [-0.2, 0) is 18.5 Å². The molecule has 24 heavy (non-hydrogen) atoms. The Morgan fingerprint density at radius 1 is 1.21 bits per heavy atom. The van der Waals surface area contributed by atoms with E-state index in [0.717, 1.165) is 43.6 Å². The van der Waals surface area contributed by atoms with Crippen LogP contribution in [0.15, 0.2) is 24.3 Å². The molecule has 1 fully saturated rings. The van der Waals surface area contributed by atoms with Crippen molar-refractivity contribution in [3.05, 3.63) is 34.9 Å². The van der Waals surface area contributed by atoms with Gasteiger partial charge in [0, 0.05) is 20.1 Å². The third kappa shape index (κ3) is 2.92. The molecule has 1 saturated heterocycles. The van der Waals surface area contributed by atoms with Crippen molar-refractivity contribution in [2.75, 3.05) is 32.9 Å². The molecule has 0 bridgehead atoms. The van der Waals surface area contributed by atoms with Gasteiger partial charge in [-0.05, 0) is 24.4 Å². The number of nitrogens with zero attached hydrogens (tertiary/aromatic N) is 4. The van der Waals surface area contributed by atoms with Gasteiger partial charge in [0.05, 0.1) is 19.9 Å². The maximum absolute atomic E-state index is 6.06. The summed E-state index contributed by atoms with van der Waals surface area (Å²) in [6.07, 6.45) is -0.266. The Balaban J connectivity index is 1.56. The highest BCUT2D eigenvalue weighted by Gasteiger charge is 2.27. The number of benzene rings is 1. The lowest BCUT2D eigenvalue weighted by Gasteiger charge is -2.26. The summed E-state index contributed by atoms with van der Waals surface area (Å²) in [6, 6.07) is 7.67. The van der Waals surface area contributed by atoms with E-state index >= 15 is 0 Å². The Labute approximate surface area is 145 Å². The van der Waals surface area contributed by atoms with Crippen LogP contribution < -0.4 is 9.47 Å². The topological polar surface area (TPSA) is 53.7 Å². The maximum Gasteiger partial charge on any atom is 0.198 e. The van der Waals surface area contributed by atoms with Crippen molar-refractivity contribution in [3.63, 3.8) is 0 Å². The van der Waals surface area contributed by atoms with Gasteiger partial charge < -0.3 is 18.8 Å². The first-order chi connectivity index (χ1) is 11.7. The molecule has 4 rings (SSSR count). The molecular formula is C16H20N4O3S. The van der Waals surface area contributed by atoms with Crippen LogP contribution in [0.25, 0.3) is 0 Å². The van der Waals surface area contributed by atoms with E-state index in [1.54, 1.807) is 0 Å². The summed E-state index contributed by atoms with van der Waals surface area (Å²) in [6.45, 7) is 4.38. The largest absolute Gasteiger partial charge is 0.485 e. The monoisotopic (exact) mass is 348 g/mol. The molecule has 0 aliphatic carbocycles. The third-order valence-corrected chi connectivity index (χ3v) is 4.79. The van der Waals surface area contributed by atoms with Gasteiger partial charge in [-0.25, -0.2) is 4.68 Å². The lowest BCUT2D eigenvalue weighted by Crippen LogP contribution is -2.37. The third-order valence-electron chi connectivity index (χ3n) is 4.31. The molecule has 8 heteroatoms. The van der Waals surface area contributed by atoms with Crippen LogP contribution in [0.2, 0.25) is 0 Å². The molecule has 3 heterocycles. The zero-order chi connectivity index (χ0) is 16.5. The van der Waals surface area contributed by atoms with Crippen molar-refractivity contribution in [3.8, 4) is 11.5 Å². The summed E-state index contributed by atoms with van der Waals surface area (Å²) in [4.78, 5) is 2.28. The predicted octanol–water partition coefficient (Wildman–Crippen LogP) is 1.75. The van der Waals surface area contributed by atoms with E-state index in [4.69, 9.17) is 26.4 Å². The van der Waals surface area contributed by atoms with E-state index in [-0.39, 0.29) is 6.10 Å². The molecule has 0 N–H and O–H groups in total. The SMILES string of the molecule is Cn1c(C2COc3ccccc3O2)nn(CN2CCOCC2)c1=S. The fourth-order valence-electron chi connectivity index (χ4n) is 2.96. The molecular weight excluding hydrogens is 328 g/mol. The average molecular weight is 348 g/mol. The fraction of sp³-hybridized carbons (Fsp3) is 0.500. The Kier molecular flexibility index (Phi) is 4.26. The molecule has 1 unspecified atom stereocenters. The molecule has 0 radical (unpaired) electrons. The Morgan fingerprint density at radius 2 is 1.96 bits per heavy atom. The lowest BCUT2D eigenvalue weighted by molar-refractivity contribution is 0.0206.